The van der Waals surface area contributed by atoms with Gasteiger partial charge in [0.2, 0.25) is 0 Å². The SMILES string of the molecule is CCCCNC(=O)C(=Cc1cccc(Oc2ccccc2)c1)NC(=O)c1ccc(Cl)cc1. The smallest absolute Gasteiger partial charge is 0.267 e. The summed E-state index contributed by atoms with van der Waals surface area (Å²) in [5.74, 6) is 0.590. The van der Waals surface area contributed by atoms with Crippen LogP contribution < -0.4 is 15.4 Å². The number of rotatable bonds is 9. The van der Waals surface area contributed by atoms with Gasteiger partial charge in [0.1, 0.15) is 17.2 Å². The van der Waals surface area contributed by atoms with Crippen molar-refractivity contribution >= 4 is 29.5 Å². The Bertz CT molecular complexity index is 1080. The van der Waals surface area contributed by atoms with Gasteiger partial charge in [-0.1, -0.05) is 55.3 Å². The summed E-state index contributed by atoms with van der Waals surface area (Å²) in [6.45, 7) is 2.57. The molecule has 5 nitrogen and oxygen atoms in total. The molecule has 6 heteroatoms. The summed E-state index contributed by atoms with van der Waals surface area (Å²) in [4.78, 5) is 25.5. The van der Waals surface area contributed by atoms with Gasteiger partial charge in [-0.25, -0.2) is 0 Å². The van der Waals surface area contributed by atoms with Gasteiger partial charge in [-0.2, -0.15) is 0 Å². The molecule has 0 aliphatic heterocycles. The quantitative estimate of drug-likeness (QED) is 0.320. The zero-order chi connectivity index (χ0) is 22.8. The van der Waals surface area contributed by atoms with Crippen molar-refractivity contribution < 1.29 is 14.3 Å². The number of nitrogens with one attached hydrogen (secondary N) is 2. The molecule has 0 aliphatic rings. The van der Waals surface area contributed by atoms with E-state index in [9.17, 15) is 9.59 Å². The van der Waals surface area contributed by atoms with Crippen LogP contribution in [0.2, 0.25) is 5.02 Å². The third-order valence-electron chi connectivity index (χ3n) is 4.56. The van der Waals surface area contributed by atoms with E-state index in [-0.39, 0.29) is 11.6 Å². The molecule has 0 saturated carbocycles. The molecule has 0 atom stereocenters. The predicted molar refractivity (Wildman–Crippen MR) is 128 cm³/mol. The zero-order valence-corrected chi connectivity index (χ0v) is 18.6. The number of halogens is 1. The number of hydrogen-bond acceptors (Lipinski definition) is 3. The summed E-state index contributed by atoms with van der Waals surface area (Å²) in [6, 6.07) is 23.2. The van der Waals surface area contributed by atoms with Gasteiger partial charge in [0.25, 0.3) is 11.8 Å². The number of unbranched alkanes of at least 4 members (excludes halogenated alkanes) is 1. The Morgan fingerprint density at radius 1 is 0.938 bits per heavy atom. The Hall–Kier alpha value is -3.57. The van der Waals surface area contributed by atoms with Crippen molar-refractivity contribution in [1.82, 2.24) is 10.6 Å². The van der Waals surface area contributed by atoms with Gasteiger partial charge >= 0.3 is 0 Å². The summed E-state index contributed by atoms with van der Waals surface area (Å²) < 4.78 is 5.87. The van der Waals surface area contributed by atoms with Crippen LogP contribution in [-0.2, 0) is 4.79 Å². The second-order valence-corrected chi connectivity index (χ2v) is 7.55. The Labute approximate surface area is 193 Å². The number of amides is 2. The monoisotopic (exact) mass is 448 g/mol. The number of carbonyl (C=O) groups is 2. The maximum Gasteiger partial charge on any atom is 0.267 e. The molecule has 0 saturated heterocycles. The van der Waals surface area contributed by atoms with Crippen LogP contribution in [0.25, 0.3) is 6.08 Å². The maximum absolute atomic E-state index is 12.8. The molecule has 2 amide bonds. The van der Waals surface area contributed by atoms with E-state index in [0.717, 1.165) is 18.4 Å². The van der Waals surface area contributed by atoms with Gasteiger partial charge < -0.3 is 15.4 Å². The Kier molecular flexibility index (Phi) is 8.46. The molecule has 0 fully saturated rings. The minimum absolute atomic E-state index is 0.151. The number of carbonyl (C=O) groups excluding carboxylic acids is 2. The van der Waals surface area contributed by atoms with Crippen molar-refractivity contribution in [3.8, 4) is 11.5 Å². The minimum atomic E-state index is -0.393. The van der Waals surface area contributed by atoms with E-state index in [2.05, 4.69) is 10.6 Å². The highest BCUT2D eigenvalue weighted by molar-refractivity contribution is 6.30. The second kappa shape index (κ2) is 11.7. The maximum atomic E-state index is 12.8. The molecule has 0 aliphatic carbocycles. The highest BCUT2D eigenvalue weighted by Crippen LogP contribution is 2.22. The van der Waals surface area contributed by atoms with Crippen LogP contribution >= 0.6 is 11.6 Å². The van der Waals surface area contributed by atoms with Crippen molar-refractivity contribution in [2.75, 3.05) is 6.54 Å². The fourth-order valence-corrected chi connectivity index (χ4v) is 3.01. The third kappa shape index (κ3) is 7.00. The summed E-state index contributed by atoms with van der Waals surface area (Å²) in [5, 5.41) is 6.11. The Morgan fingerprint density at radius 3 is 2.38 bits per heavy atom. The number of hydrogen-bond donors (Lipinski definition) is 2. The van der Waals surface area contributed by atoms with Gasteiger partial charge in [-0.3, -0.25) is 9.59 Å². The molecule has 2 N–H and O–H groups in total. The van der Waals surface area contributed by atoms with E-state index in [0.29, 0.717) is 28.6 Å². The van der Waals surface area contributed by atoms with Crippen LogP contribution in [0.5, 0.6) is 11.5 Å². The molecule has 0 aromatic heterocycles. The molecule has 3 aromatic carbocycles. The molecular formula is C26H25ClN2O3. The molecule has 0 radical (unpaired) electrons. The van der Waals surface area contributed by atoms with E-state index < -0.39 is 5.91 Å². The lowest BCUT2D eigenvalue weighted by Gasteiger charge is -2.12. The first-order valence-electron chi connectivity index (χ1n) is 10.4. The molecular weight excluding hydrogens is 424 g/mol. The number of benzene rings is 3. The van der Waals surface area contributed by atoms with E-state index >= 15 is 0 Å². The molecule has 3 rings (SSSR count). The standard InChI is InChI=1S/C26H25ClN2O3/c1-2-3-16-28-26(31)24(29-25(30)20-12-14-21(27)15-13-20)18-19-8-7-11-23(17-19)32-22-9-5-4-6-10-22/h4-15,17-18H,2-3,16H2,1H3,(H,28,31)(H,29,30). The summed E-state index contributed by atoms with van der Waals surface area (Å²) in [5.41, 5.74) is 1.27. The van der Waals surface area contributed by atoms with Crippen molar-refractivity contribution in [3.05, 3.63) is 101 Å². The summed E-state index contributed by atoms with van der Waals surface area (Å²) in [6.07, 6.45) is 3.44. The first kappa shape index (κ1) is 23.1. The van der Waals surface area contributed by atoms with Crippen molar-refractivity contribution in [2.45, 2.75) is 19.8 Å². The lowest BCUT2D eigenvalue weighted by molar-refractivity contribution is -0.117. The predicted octanol–water partition coefficient (Wildman–Crippen LogP) is 5.82. The molecule has 3 aromatic rings. The second-order valence-electron chi connectivity index (χ2n) is 7.12. The van der Waals surface area contributed by atoms with E-state index in [1.165, 1.54) is 0 Å². The number of ether oxygens (including phenoxy) is 1. The number of para-hydroxylation sites is 1. The van der Waals surface area contributed by atoms with Crippen LogP contribution in [-0.4, -0.2) is 18.4 Å². The molecule has 32 heavy (non-hydrogen) atoms. The molecule has 0 heterocycles. The normalized spacial score (nSPS) is 11.0. The fraction of sp³-hybridized carbons (Fsp3) is 0.154. The van der Waals surface area contributed by atoms with Crippen LogP contribution in [0.1, 0.15) is 35.7 Å². The van der Waals surface area contributed by atoms with Crippen LogP contribution in [0.15, 0.2) is 84.6 Å². The van der Waals surface area contributed by atoms with E-state index in [4.69, 9.17) is 16.3 Å². The van der Waals surface area contributed by atoms with Gasteiger partial charge in [0.05, 0.1) is 0 Å². The van der Waals surface area contributed by atoms with Crippen molar-refractivity contribution in [3.63, 3.8) is 0 Å². The van der Waals surface area contributed by atoms with Crippen LogP contribution in [0.4, 0.5) is 0 Å². The van der Waals surface area contributed by atoms with E-state index in [1.807, 2.05) is 55.5 Å². The van der Waals surface area contributed by atoms with Gasteiger partial charge in [-0.05, 0) is 66.6 Å². The highest BCUT2D eigenvalue weighted by Gasteiger charge is 2.14. The lowest BCUT2D eigenvalue weighted by atomic mass is 10.1. The lowest BCUT2D eigenvalue weighted by Crippen LogP contribution is -2.35. The third-order valence-corrected chi connectivity index (χ3v) is 4.82. The average Bonchev–Trinajstić information content (AvgIpc) is 2.80. The van der Waals surface area contributed by atoms with Crippen LogP contribution in [0, 0.1) is 0 Å². The van der Waals surface area contributed by atoms with Crippen LogP contribution in [0.3, 0.4) is 0 Å². The molecule has 164 valence electrons. The zero-order valence-electron chi connectivity index (χ0n) is 17.8. The summed E-state index contributed by atoms with van der Waals surface area (Å²) in [7, 11) is 0. The Morgan fingerprint density at radius 2 is 1.66 bits per heavy atom. The highest BCUT2D eigenvalue weighted by atomic mass is 35.5. The minimum Gasteiger partial charge on any atom is -0.457 e. The molecule has 0 unspecified atom stereocenters. The Balaban J connectivity index is 1.83. The molecule has 0 spiro atoms. The average molecular weight is 449 g/mol. The van der Waals surface area contributed by atoms with E-state index in [1.54, 1.807) is 36.4 Å². The topological polar surface area (TPSA) is 67.4 Å². The van der Waals surface area contributed by atoms with Crippen molar-refractivity contribution in [2.24, 2.45) is 0 Å². The molecule has 0 bridgehead atoms. The fourth-order valence-electron chi connectivity index (χ4n) is 2.89. The summed E-state index contributed by atoms with van der Waals surface area (Å²) >= 11 is 5.90. The van der Waals surface area contributed by atoms with Gasteiger partial charge in [0.15, 0.2) is 0 Å². The van der Waals surface area contributed by atoms with Crippen molar-refractivity contribution in [1.29, 1.82) is 0 Å². The first-order valence-corrected chi connectivity index (χ1v) is 10.8. The first-order chi connectivity index (χ1) is 15.5. The van der Waals surface area contributed by atoms with Gasteiger partial charge in [0, 0.05) is 17.1 Å². The largest absolute Gasteiger partial charge is 0.457 e. The van der Waals surface area contributed by atoms with Gasteiger partial charge in [-0.15, -0.1) is 0 Å².